The summed E-state index contributed by atoms with van der Waals surface area (Å²) in [6, 6.07) is 1.75. The number of methoxy groups -OCH3 is 1. The third-order valence-electron chi connectivity index (χ3n) is 2.20. The second-order valence-corrected chi connectivity index (χ2v) is 3.55. The van der Waals surface area contributed by atoms with E-state index in [2.05, 4.69) is 10.1 Å². The molecule has 94 valence electrons. The summed E-state index contributed by atoms with van der Waals surface area (Å²) in [4.78, 5) is 4.25. The van der Waals surface area contributed by atoms with Gasteiger partial charge in [-0.2, -0.15) is 0 Å². The highest BCUT2D eigenvalue weighted by Gasteiger charge is 2.14. The number of hydrogen-bond donors (Lipinski definition) is 2. The molecule has 1 aromatic heterocycles. The first-order valence-electron chi connectivity index (χ1n) is 5.18. The number of amidine groups is 1. The van der Waals surface area contributed by atoms with Crippen LogP contribution < -0.4 is 10.5 Å². The number of pyridine rings is 1. The van der Waals surface area contributed by atoms with E-state index in [0.717, 1.165) is 5.69 Å². The molecule has 6 nitrogen and oxygen atoms in total. The van der Waals surface area contributed by atoms with E-state index in [-0.39, 0.29) is 5.84 Å². The second kappa shape index (κ2) is 6.05. The zero-order valence-electron chi connectivity index (χ0n) is 10.2. The van der Waals surface area contributed by atoms with Crippen molar-refractivity contribution in [3.8, 4) is 5.75 Å². The van der Waals surface area contributed by atoms with Gasteiger partial charge in [-0.25, -0.2) is 0 Å². The Labute approximate surface area is 100 Å². The Morgan fingerprint density at radius 2 is 2.18 bits per heavy atom. The molecule has 1 heterocycles. The van der Waals surface area contributed by atoms with Gasteiger partial charge in [-0.3, -0.25) is 4.98 Å². The number of nitrogens with zero attached hydrogens (tertiary/aromatic N) is 2. The van der Waals surface area contributed by atoms with Gasteiger partial charge < -0.3 is 20.4 Å². The van der Waals surface area contributed by atoms with Crippen LogP contribution >= 0.6 is 0 Å². The lowest BCUT2D eigenvalue weighted by molar-refractivity contribution is 0.146. The first-order valence-corrected chi connectivity index (χ1v) is 5.18. The Morgan fingerprint density at radius 1 is 1.47 bits per heavy atom. The van der Waals surface area contributed by atoms with Gasteiger partial charge in [0.15, 0.2) is 5.84 Å². The fraction of sp³-hybridized carbons (Fsp3) is 0.455. The largest absolute Gasteiger partial charge is 0.490 e. The lowest BCUT2D eigenvalue weighted by atomic mass is 10.1. The Bertz CT molecular complexity index is 419. The summed E-state index contributed by atoms with van der Waals surface area (Å²) in [6.45, 7) is 4.50. The standard InChI is InChI=1S/C11H17N3O3/c1-7-6-9(17-5-4-16-3)10(8(2)13-7)11(12)14-15/h6,15H,4-5H2,1-3H3,(H2,12,14). The highest BCUT2D eigenvalue weighted by molar-refractivity contribution is 6.00. The van der Waals surface area contributed by atoms with E-state index in [9.17, 15) is 0 Å². The van der Waals surface area contributed by atoms with Crippen molar-refractivity contribution in [3.05, 3.63) is 23.0 Å². The van der Waals surface area contributed by atoms with E-state index in [1.54, 1.807) is 20.1 Å². The van der Waals surface area contributed by atoms with E-state index in [1.165, 1.54) is 0 Å². The molecule has 6 heteroatoms. The van der Waals surface area contributed by atoms with Gasteiger partial charge in [0.2, 0.25) is 0 Å². The lowest BCUT2D eigenvalue weighted by Crippen LogP contribution is -2.18. The normalized spacial score (nSPS) is 11.6. The molecule has 0 radical (unpaired) electrons. The molecule has 0 aliphatic heterocycles. The molecule has 17 heavy (non-hydrogen) atoms. The van der Waals surface area contributed by atoms with Crippen molar-refractivity contribution in [1.29, 1.82) is 0 Å². The van der Waals surface area contributed by atoms with Crippen LogP contribution in [0.3, 0.4) is 0 Å². The highest BCUT2D eigenvalue weighted by Crippen LogP contribution is 2.22. The van der Waals surface area contributed by atoms with Crippen LogP contribution in [0, 0.1) is 13.8 Å². The SMILES string of the molecule is COCCOc1cc(C)nc(C)c1/C(N)=N/O. The van der Waals surface area contributed by atoms with Crippen molar-refractivity contribution in [1.82, 2.24) is 4.98 Å². The molecule has 0 spiro atoms. The number of hydrogen-bond acceptors (Lipinski definition) is 5. The summed E-state index contributed by atoms with van der Waals surface area (Å²) < 4.78 is 10.4. The molecule has 3 N–H and O–H groups in total. The van der Waals surface area contributed by atoms with Gasteiger partial charge in [0, 0.05) is 18.9 Å². The molecule has 0 aliphatic rings. The van der Waals surface area contributed by atoms with Gasteiger partial charge in [-0.1, -0.05) is 5.16 Å². The van der Waals surface area contributed by atoms with Gasteiger partial charge in [-0.15, -0.1) is 0 Å². The highest BCUT2D eigenvalue weighted by atomic mass is 16.5. The van der Waals surface area contributed by atoms with Crippen molar-refractivity contribution < 1.29 is 14.7 Å². The minimum Gasteiger partial charge on any atom is -0.490 e. The van der Waals surface area contributed by atoms with Crippen molar-refractivity contribution in [2.45, 2.75) is 13.8 Å². The Hall–Kier alpha value is -1.82. The van der Waals surface area contributed by atoms with E-state index in [4.69, 9.17) is 20.4 Å². The molecule has 0 fully saturated rings. The molecule has 0 bridgehead atoms. The first kappa shape index (κ1) is 13.2. The Kier molecular flexibility index (Phi) is 4.71. The van der Waals surface area contributed by atoms with Crippen LogP contribution in [0.25, 0.3) is 0 Å². The summed E-state index contributed by atoms with van der Waals surface area (Å²) in [6.07, 6.45) is 0. The number of aryl methyl sites for hydroxylation is 2. The van der Waals surface area contributed by atoms with Crippen molar-refractivity contribution >= 4 is 5.84 Å². The smallest absolute Gasteiger partial charge is 0.175 e. The maximum Gasteiger partial charge on any atom is 0.175 e. The minimum atomic E-state index is -0.0117. The van der Waals surface area contributed by atoms with Gasteiger partial charge in [0.1, 0.15) is 12.4 Å². The molecule has 1 aromatic rings. The van der Waals surface area contributed by atoms with Gasteiger partial charge in [-0.05, 0) is 13.8 Å². The Balaban J connectivity index is 3.07. The van der Waals surface area contributed by atoms with Crippen LogP contribution in [0.2, 0.25) is 0 Å². The number of oxime groups is 1. The van der Waals surface area contributed by atoms with E-state index >= 15 is 0 Å². The number of aromatic nitrogens is 1. The molecule has 0 aliphatic carbocycles. The van der Waals surface area contributed by atoms with Crippen molar-refractivity contribution in [3.63, 3.8) is 0 Å². The third-order valence-corrected chi connectivity index (χ3v) is 2.20. The predicted molar refractivity (Wildman–Crippen MR) is 63.6 cm³/mol. The summed E-state index contributed by atoms with van der Waals surface area (Å²) in [7, 11) is 1.59. The number of nitrogens with two attached hydrogens (primary N) is 1. The zero-order chi connectivity index (χ0) is 12.8. The summed E-state index contributed by atoms with van der Waals surface area (Å²) >= 11 is 0. The van der Waals surface area contributed by atoms with Crippen LogP contribution in [0.15, 0.2) is 11.2 Å². The van der Waals surface area contributed by atoms with Crippen LogP contribution in [0.5, 0.6) is 5.75 Å². The quantitative estimate of drug-likeness (QED) is 0.261. The number of ether oxygens (including phenoxy) is 2. The van der Waals surface area contributed by atoms with Crippen molar-refractivity contribution in [2.24, 2.45) is 10.9 Å². The molecule has 1 rings (SSSR count). The fourth-order valence-electron chi connectivity index (χ4n) is 1.50. The molecule has 0 amide bonds. The van der Waals surface area contributed by atoms with Gasteiger partial charge in [0.25, 0.3) is 0 Å². The maximum atomic E-state index is 8.73. The zero-order valence-corrected chi connectivity index (χ0v) is 10.2. The van der Waals surface area contributed by atoms with Crippen LogP contribution in [-0.4, -0.2) is 36.4 Å². The van der Waals surface area contributed by atoms with Crippen LogP contribution in [0.1, 0.15) is 17.0 Å². The van der Waals surface area contributed by atoms with Crippen molar-refractivity contribution in [2.75, 3.05) is 20.3 Å². The van der Waals surface area contributed by atoms with Gasteiger partial charge >= 0.3 is 0 Å². The first-order chi connectivity index (χ1) is 8.10. The lowest BCUT2D eigenvalue weighted by Gasteiger charge is -2.13. The predicted octanol–water partition coefficient (Wildman–Crippen LogP) is 0.818. The third kappa shape index (κ3) is 3.32. The molecule has 0 aromatic carbocycles. The van der Waals surface area contributed by atoms with E-state index < -0.39 is 0 Å². The van der Waals surface area contributed by atoms with Crippen LogP contribution in [0.4, 0.5) is 0 Å². The molecular formula is C11H17N3O3. The maximum absolute atomic E-state index is 8.73. The Morgan fingerprint density at radius 3 is 2.76 bits per heavy atom. The number of rotatable bonds is 5. The average Bonchev–Trinajstić information content (AvgIpc) is 2.28. The van der Waals surface area contributed by atoms with E-state index in [0.29, 0.717) is 30.2 Å². The second-order valence-electron chi connectivity index (χ2n) is 3.55. The average molecular weight is 239 g/mol. The minimum absolute atomic E-state index is 0.0117. The molecule has 0 atom stereocenters. The van der Waals surface area contributed by atoms with Crippen LogP contribution in [-0.2, 0) is 4.74 Å². The summed E-state index contributed by atoms with van der Waals surface area (Å²) in [5.74, 6) is 0.532. The fourth-order valence-corrected chi connectivity index (χ4v) is 1.50. The molecule has 0 saturated heterocycles. The van der Waals surface area contributed by atoms with Gasteiger partial charge in [0.05, 0.1) is 17.9 Å². The summed E-state index contributed by atoms with van der Waals surface area (Å²) in [5, 5.41) is 11.7. The topological polar surface area (TPSA) is 90.0 Å². The molecule has 0 saturated carbocycles. The molecular weight excluding hydrogens is 222 g/mol. The monoisotopic (exact) mass is 239 g/mol. The summed E-state index contributed by atoms with van der Waals surface area (Å²) in [5.41, 5.74) is 7.58. The van der Waals surface area contributed by atoms with E-state index in [1.807, 2.05) is 6.92 Å². The molecule has 0 unspecified atom stereocenters.